The molecule has 10 heteroatoms. The number of nitrogens with one attached hydrogen (secondary N) is 2. The van der Waals surface area contributed by atoms with E-state index in [0.29, 0.717) is 23.4 Å². The molecule has 5 unspecified atom stereocenters. The molecule has 3 aliphatic heterocycles. The van der Waals surface area contributed by atoms with Crippen molar-refractivity contribution < 1.29 is 29.3 Å². The van der Waals surface area contributed by atoms with Crippen molar-refractivity contribution in [3.8, 4) is 12.3 Å². The smallest absolute Gasteiger partial charge is 0.402 e. The summed E-state index contributed by atoms with van der Waals surface area (Å²) in [6, 6.07) is -0.165. The summed E-state index contributed by atoms with van der Waals surface area (Å²) in [7, 11) is 1.56. The van der Waals surface area contributed by atoms with Gasteiger partial charge in [0.15, 0.2) is 5.72 Å². The average Bonchev–Trinajstić information content (AvgIpc) is 3.28. The third-order valence-electron chi connectivity index (χ3n) is 5.83. The Balaban J connectivity index is 0.000000552. The number of ether oxygens (including phenoxy) is 1. The van der Waals surface area contributed by atoms with Crippen LogP contribution in [0.3, 0.4) is 0 Å². The number of methoxy groups -OCH3 is 1. The molecule has 1 amide bonds. The third kappa shape index (κ3) is 2.90. The molecule has 4 aliphatic rings. The van der Waals surface area contributed by atoms with Gasteiger partial charge in [0.05, 0.1) is 36.0 Å². The number of nitrogens with two attached hydrogens (primary N) is 1. The van der Waals surface area contributed by atoms with Crippen molar-refractivity contribution in [2.75, 3.05) is 20.3 Å². The van der Waals surface area contributed by atoms with Crippen molar-refractivity contribution >= 4 is 17.7 Å². The zero-order valence-electron chi connectivity index (χ0n) is 16.4. The molecule has 29 heavy (non-hydrogen) atoms. The first-order chi connectivity index (χ1) is 13.6. The number of aliphatic hydroxyl groups is 1. The van der Waals surface area contributed by atoms with Gasteiger partial charge in [-0.3, -0.25) is 9.59 Å². The number of Topliss-reactive ketones (excluding diaryl/α,β-unsaturated/α-hetero) is 2. The van der Waals surface area contributed by atoms with Gasteiger partial charge in [-0.15, -0.1) is 6.42 Å². The first kappa shape index (κ1) is 20.9. The van der Waals surface area contributed by atoms with Crippen LogP contribution in [0.5, 0.6) is 0 Å². The van der Waals surface area contributed by atoms with Crippen LogP contribution in [0.4, 0.5) is 4.79 Å². The normalized spacial score (nSPS) is 32.7. The first-order valence-corrected chi connectivity index (χ1v) is 9.10. The Kier molecular flexibility index (Phi) is 5.17. The second kappa shape index (κ2) is 7.18. The van der Waals surface area contributed by atoms with Crippen LogP contribution in [0.15, 0.2) is 22.5 Å². The molecule has 1 aliphatic carbocycles. The molecule has 0 saturated carbocycles. The molecule has 6 N–H and O–H groups in total. The lowest BCUT2D eigenvalue weighted by molar-refractivity contribution is -0.137. The molecule has 0 radical (unpaired) electrons. The fourth-order valence-corrected chi connectivity index (χ4v) is 4.58. The number of allylic oxidation sites excluding steroid dienone is 2. The minimum atomic E-state index is -1.33. The molecule has 2 fully saturated rings. The summed E-state index contributed by atoms with van der Waals surface area (Å²) >= 11 is 0. The standard InChI is InChI=1S/C18H21N3O4.CH3NO2/c1-5-8(2)19-13-9(3)15(23)14-12(16(13)24)10(7-22)18(25-4)17-11(20-17)6-21(14)18;2-1(3)4/h1,8,10-11,17,19-20,22H,6-7H2,2-4H3;2H2,(H,3,4). The van der Waals surface area contributed by atoms with Gasteiger partial charge in [-0.25, -0.2) is 4.79 Å². The zero-order chi connectivity index (χ0) is 21.7. The minimum absolute atomic E-state index is 0.00203. The van der Waals surface area contributed by atoms with Gasteiger partial charge in [0.1, 0.15) is 0 Å². The van der Waals surface area contributed by atoms with Crippen LogP contribution in [0.1, 0.15) is 13.8 Å². The fourth-order valence-electron chi connectivity index (χ4n) is 4.58. The quantitative estimate of drug-likeness (QED) is 0.213. The molecule has 0 bridgehead atoms. The number of rotatable bonds is 4. The highest BCUT2D eigenvalue weighted by Crippen LogP contribution is 2.55. The number of ketones is 2. The highest BCUT2D eigenvalue weighted by Gasteiger charge is 2.72. The molecule has 3 heterocycles. The summed E-state index contributed by atoms with van der Waals surface area (Å²) in [5.41, 5.74) is 4.42. The van der Waals surface area contributed by atoms with E-state index in [0.717, 1.165) is 0 Å². The van der Waals surface area contributed by atoms with Crippen molar-refractivity contribution in [1.29, 1.82) is 0 Å². The van der Waals surface area contributed by atoms with Crippen molar-refractivity contribution in [2.24, 2.45) is 11.7 Å². The summed E-state index contributed by atoms with van der Waals surface area (Å²) in [6.07, 6.45) is 4.06. The zero-order valence-corrected chi connectivity index (χ0v) is 16.4. The highest BCUT2D eigenvalue weighted by atomic mass is 16.5. The van der Waals surface area contributed by atoms with Gasteiger partial charge in [0.25, 0.3) is 0 Å². The first-order valence-electron chi connectivity index (χ1n) is 9.10. The number of hydrogen-bond donors (Lipinski definition) is 5. The lowest BCUT2D eigenvalue weighted by Gasteiger charge is -2.39. The SMILES string of the molecule is C#CC(C)NC1=C(C)C(=O)C2=C(C1=O)C(CO)C1(OC)C3NC3CN21.NC(=O)O. The maximum atomic E-state index is 13.2. The Morgan fingerprint density at radius 3 is 2.66 bits per heavy atom. The van der Waals surface area contributed by atoms with Gasteiger partial charge in [0, 0.05) is 30.8 Å². The predicted molar refractivity (Wildman–Crippen MR) is 101 cm³/mol. The van der Waals surface area contributed by atoms with E-state index in [-0.39, 0.29) is 42.0 Å². The van der Waals surface area contributed by atoms with Gasteiger partial charge < -0.3 is 36.2 Å². The van der Waals surface area contributed by atoms with E-state index in [2.05, 4.69) is 22.3 Å². The third-order valence-corrected chi connectivity index (χ3v) is 5.83. The van der Waals surface area contributed by atoms with E-state index in [9.17, 15) is 14.7 Å². The number of carboxylic acid groups (broad SMARTS) is 1. The van der Waals surface area contributed by atoms with Crippen LogP contribution in [-0.2, 0) is 14.3 Å². The molecule has 0 aromatic heterocycles. The number of amides is 1. The maximum Gasteiger partial charge on any atom is 0.402 e. The second-order valence-corrected chi connectivity index (χ2v) is 7.34. The molecular weight excluding hydrogens is 380 g/mol. The summed E-state index contributed by atoms with van der Waals surface area (Å²) < 4.78 is 5.83. The van der Waals surface area contributed by atoms with Crippen LogP contribution in [-0.4, -0.2) is 76.9 Å². The Hall–Kier alpha value is -2.87. The van der Waals surface area contributed by atoms with Gasteiger partial charge in [-0.2, -0.15) is 0 Å². The number of hydrogen-bond acceptors (Lipinski definition) is 8. The number of carbonyl (C=O) groups is 3. The van der Waals surface area contributed by atoms with E-state index in [1.54, 1.807) is 21.0 Å². The van der Waals surface area contributed by atoms with Crippen LogP contribution < -0.4 is 16.4 Å². The Morgan fingerprint density at radius 1 is 1.52 bits per heavy atom. The number of terminal acetylenes is 1. The molecular formula is C19H24N4O6. The van der Waals surface area contributed by atoms with Gasteiger partial charge in [-0.1, -0.05) is 5.92 Å². The van der Waals surface area contributed by atoms with Crippen LogP contribution >= 0.6 is 0 Å². The maximum absolute atomic E-state index is 13.2. The van der Waals surface area contributed by atoms with Crippen molar-refractivity contribution in [3.05, 3.63) is 22.5 Å². The number of aliphatic hydroxyl groups excluding tert-OH is 1. The van der Waals surface area contributed by atoms with Crippen molar-refractivity contribution in [3.63, 3.8) is 0 Å². The fraction of sp³-hybridized carbons (Fsp3) is 0.526. The van der Waals surface area contributed by atoms with Gasteiger partial charge in [0.2, 0.25) is 11.6 Å². The van der Waals surface area contributed by atoms with Crippen molar-refractivity contribution in [1.82, 2.24) is 15.5 Å². The van der Waals surface area contributed by atoms with E-state index in [1.165, 1.54) is 0 Å². The summed E-state index contributed by atoms with van der Waals surface area (Å²) in [6.45, 7) is 3.69. The molecule has 4 rings (SSSR count). The van der Waals surface area contributed by atoms with Crippen molar-refractivity contribution in [2.45, 2.75) is 37.7 Å². The number of piperazine rings is 1. The molecule has 0 aromatic carbocycles. The predicted octanol–water partition coefficient (Wildman–Crippen LogP) is -1.48. The summed E-state index contributed by atoms with van der Waals surface area (Å²) in [5.74, 6) is 1.43. The Labute approximate surface area is 167 Å². The van der Waals surface area contributed by atoms with E-state index >= 15 is 0 Å². The lowest BCUT2D eigenvalue weighted by Crippen LogP contribution is -2.54. The number of fused-ring (bicyclic) bond motifs is 4. The molecule has 10 nitrogen and oxygen atoms in total. The molecule has 0 spiro atoms. The molecule has 2 saturated heterocycles. The average molecular weight is 404 g/mol. The highest BCUT2D eigenvalue weighted by molar-refractivity contribution is 6.25. The number of carbonyl (C=O) groups excluding carboxylic acids is 2. The largest absolute Gasteiger partial charge is 0.465 e. The Morgan fingerprint density at radius 2 is 2.14 bits per heavy atom. The van der Waals surface area contributed by atoms with E-state index < -0.39 is 17.7 Å². The van der Waals surface area contributed by atoms with E-state index in [4.69, 9.17) is 21.1 Å². The van der Waals surface area contributed by atoms with Crippen LogP contribution in [0, 0.1) is 18.3 Å². The number of nitrogens with zero attached hydrogens (tertiary/aromatic N) is 1. The topological polar surface area (TPSA) is 164 Å². The monoisotopic (exact) mass is 404 g/mol. The molecule has 5 atom stereocenters. The minimum Gasteiger partial charge on any atom is -0.465 e. The lowest BCUT2D eigenvalue weighted by atomic mass is 9.82. The van der Waals surface area contributed by atoms with Gasteiger partial charge >= 0.3 is 6.09 Å². The molecule has 0 aromatic rings. The second-order valence-electron chi connectivity index (χ2n) is 7.34. The summed E-state index contributed by atoms with van der Waals surface area (Å²) in [5, 5.41) is 23.5. The molecule has 156 valence electrons. The number of primary amides is 1. The van der Waals surface area contributed by atoms with Crippen LogP contribution in [0.2, 0.25) is 0 Å². The van der Waals surface area contributed by atoms with Crippen LogP contribution in [0.25, 0.3) is 0 Å². The Bertz CT molecular complexity index is 884. The van der Waals surface area contributed by atoms with Gasteiger partial charge in [-0.05, 0) is 13.8 Å². The summed E-state index contributed by atoms with van der Waals surface area (Å²) in [4.78, 5) is 36.9. The van der Waals surface area contributed by atoms with E-state index in [1.807, 2.05) is 4.90 Å².